The minimum Gasteiger partial charge on any atom is -0.394 e. The lowest BCUT2D eigenvalue weighted by Crippen LogP contribution is -2.30. The highest BCUT2D eigenvalue weighted by Crippen LogP contribution is 2.25. The summed E-state index contributed by atoms with van der Waals surface area (Å²) in [7, 11) is 0. The fraction of sp³-hybridized carbons (Fsp3) is 0.250. The minimum absolute atomic E-state index is 0.0874. The van der Waals surface area contributed by atoms with E-state index in [1.807, 2.05) is 13.8 Å². The third-order valence-corrected chi connectivity index (χ3v) is 4.21. The molecule has 3 rings (SSSR count). The maximum absolute atomic E-state index is 14.0. The summed E-state index contributed by atoms with van der Waals surface area (Å²) in [4.78, 5) is 12.9. The summed E-state index contributed by atoms with van der Waals surface area (Å²) < 4.78 is 27.2. The smallest absolute Gasteiger partial charge is 0.225 e. The summed E-state index contributed by atoms with van der Waals surface area (Å²) in [5, 5.41) is 15.6. The summed E-state index contributed by atoms with van der Waals surface area (Å²) in [5.41, 5.74) is 1.48. The zero-order valence-corrected chi connectivity index (χ0v) is 15.5. The van der Waals surface area contributed by atoms with E-state index in [1.54, 1.807) is 30.6 Å². The topological polar surface area (TPSA) is 83.0 Å². The van der Waals surface area contributed by atoms with Crippen LogP contribution in [-0.4, -0.2) is 32.7 Å². The average molecular weight is 385 g/mol. The Morgan fingerprint density at radius 1 is 1.04 bits per heavy atom. The Balaban J connectivity index is 1.99. The van der Waals surface area contributed by atoms with Gasteiger partial charge in [-0.1, -0.05) is 13.8 Å². The fourth-order valence-electron chi connectivity index (χ4n) is 2.56. The summed E-state index contributed by atoms with van der Waals surface area (Å²) >= 11 is 0. The van der Waals surface area contributed by atoms with E-state index in [2.05, 4.69) is 25.6 Å². The van der Waals surface area contributed by atoms with Crippen molar-refractivity contribution >= 4 is 17.5 Å². The number of nitrogens with zero attached hydrogens (tertiary/aromatic N) is 3. The standard InChI is InChI=1S/C20H21F2N5O/c1-12(2)18(11-28)26-20-25-17(13-5-7-23-8-6-13)10-19(27-20)24-16-4-3-14(21)9-15(16)22/h3-10,12,18,28H,11H2,1-2H3,(H2,24,25,26,27)/t18-/m0/s1. The van der Waals surface area contributed by atoms with Crippen LogP contribution in [0, 0.1) is 17.6 Å². The van der Waals surface area contributed by atoms with Gasteiger partial charge in [-0.15, -0.1) is 0 Å². The van der Waals surface area contributed by atoms with Crippen molar-refractivity contribution < 1.29 is 13.9 Å². The molecule has 8 heteroatoms. The Morgan fingerprint density at radius 2 is 1.79 bits per heavy atom. The van der Waals surface area contributed by atoms with Gasteiger partial charge in [-0.3, -0.25) is 4.98 Å². The quantitative estimate of drug-likeness (QED) is 0.570. The monoisotopic (exact) mass is 385 g/mol. The van der Waals surface area contributed by atoms with Crippen molar-refractivity contribution in [3.05, 3.63) is 60.4 Å². The van der Waals surface area contributed by atoms with E-state index in [1.165, 1.54) is 6.07 Å². The summed E-state index contributed by atoms with van der Waals surface area (Å²) in [5.74, 6) is -0.631. The number of aromatic nitrogens is 3. The molecule has 6 nitrogen and oxygen atoms in total. The highest BCUT2D eigenvalue weighted by atomic mass is 19.1. The number of aliphatic hydroxyl groups is 1. The van der Waals surface area contributed by atoms with Crippen LogP contribution < -0.4 is 10.6 Å². The lowest BCUT2D eigenvalue weighted by atomic mass is 10.1. The number of hydrogen-bond acceptors (Lipinski definition) is 6. The van der Waals surface area contributed by atoms with E-state index in [4.69, 9.17) is 0 Å². The summed E-state index contributed by atoms with van der Waals surface area (Å²) in [6.07, 6.45) is 3.28. The number of anilines is 3. The van der Waals surface area contributed by atoms with Crippen LogP contribution in [0.5, 0.6) is 0 Å². The van der Waals surface area contributed by atoms with Crippen LogP contribution in [0.2, 0.25) is 0 Å². The number of hydrogen-bond donors (Lipinski definition) is 3. The van der Waals surface area contributed by atoms with E-state index >= 15 is 0 Å². The molecule has 0 bridgehead atoms. The number of pyridine rings is 1. The summed E-state index contributed by atoms with van der Waals surface area (Å²) in [6.45, 7) is 3.84. The Morgan fingerprint density at radius 3 is 2.43 bits per heavy atom. The van der Waals surface area contributed by atoms with Gasteiger partial charge in [0.15, 0.2) is 0 Å². The van der Waals surface area contributed by atoms with E-state index in [0.717, 1.165) is 17.7 Å². The number of rotatable bonds is 7. The third kappa shape index (κ3) is 4.77. The molecule has 0 amide bonds. The molecule has 3 N–H and O–H groups in total. The molecule has 2 aromatic heterocycles. The fourth-order valence-corrected chi connectivity index (χ4v) is 2.56. The van der Waals surface area contributed by atoms with Crippen LogP contribution >= 0.6 is 0 Å². The molecule has 2 heterocycles. The van der Waals surface area contributed by atoms with Crippen molar-refractivity contribution in [2.24, 2.45) is 5.92 Å². The van der Waals surface area contributed by atoms with Crippen molar-refractivity contribution in [2.45, 2.75) is 19.9 Å². The number of nitrogens with one attached hydrogen (secondary N) is 2. The van der Waals surface area contributed by atoms with E-state index < -0.39 is 11.6 Å². The molecular weight excluding hydrogens is 364 g/mol. The molecule has 146 valence electrons. The van der Waals surface area contributed by atoms with Gasteiger partial charge in [0.05, 0.1) is 24.0 Å². The van der Waals surface area contributed by atoms with E-state index in [9.17, 15) is 13.9 Å². The molecule has 0 aliphatic heterocycles. The van der Waals surface area contributed by atoms with Gasteiger partial charge in [-0.25, -0.2) is 13.8 Å². The van der Waals surface area contributed by atoms with Crippen molar-refractivity contribution in [2.75, 3.05) is 17.2 Å². The van der Waals surface area contributed by atoms with E-state index in [-0.39, 0.29) is 30.2 Å². The van der Waals surface area contributed by atoms with Crippen LogP contribution in [-0.2, 0) is 0 Å². The Bertz CT molecular complexity index is 937. The Labute approximate surface area is 161 Å². The highest BCUT2D eigenvalue weighted by molar-refractivity contribution is 5.67. The van der Waals surface area contributed by atoms with Gasteiger partial charge in [0.25, 0.3) is 0 Å². The maximum Gasteiger partial charge on any atom is 0.225 e. The largest absolute Gasteiger partial charge is 0.394 e. The summed E-state index contributed by atoms with van der Waals surface area (Å²) in [6, 6.07) is 8.26. The van der Waals surface area contributed by atoms with Crippen LogP contribution in [0.4, 0.5) is 26.2 Å². The zero-order chi connectivity index (χ0) is 20.1. The molecule has 1 aromatic carbocycles. The van der Waals surface area contributed by atoms with Gasteiger partial charge < -0.3 is 15.7 Å². The molecule has 0 aliphatic carbocycles. The van der Waals surface area contributed by atoms with Crippen LogP contribution in [0.25, 0.3) is 11.3 Å². The molecule has 0 fully saturated rings. The Hall–Kier alpha value is -3.13. The molecule has 0 saturated carbocycles. The molecule has 28 heavy (non-hydrogen) atoms. The first-order valence-electron chi connectivity index (χ1n) is 8.85. The average Bonchev–Trinajstić information content (AvgIpc) is 2.68. The SMILES string of the molecule is CC(C)[C@H](CO)Nc1nc(Nc2ccc(F)cc2F)cc(-c2ccncc2)n1. The van der Waals surface area contributed by atoms with Crippen LogP contribution in [0.3, 0.4) is 0 Å². The second kappa shape index (κ2) is 8.71. The molecule has 1 atom stereocenters. The predicted molar refractivity (Wildman–Crippen MR) is 104 cm³/mol. The first kappa shape index (κ1) is 19.6. The molecule has 0 radical (unpaired) electrons. The zero-order valence-electron chi connectivity index (χ0n) is 15.5. The van der Waals surface area contributed by atoms with Gasteiger partial charge in [-0.05, 0) is 30.2 Å². The second-order valence-corrected chi connectivity index (χ2v) is 6.62. The van der Waals surface area contributed by atoms with E-state index in [0.29, 0.717) is 11.5 Å². The van der Waals surface area contributed by atoms with Gasteiger partial charge in [0.1, 0.15) is 17.5 Å². The predicted octanol–water partition coefficient (Wildman–Crippen LogP) is 3.99. The van der Waals surface area contributed by atoms with Gasteiger partial charge in [-0.2, -0.15) is 4.98 Å². The minimum atomic E-state index is -0.728. The van der Waals surface area contributed by atoms with Crippen molar-refractivity contribution in [3.8, 4) is 11.3 Å². The molecule has 0 spiro atoms. The number of halogens is 2. The van der Waals surface area contributed by atoms with Crippen LogP contribution in [0.15, 0.2) is 48.8 Å². The van der Waals surface area contributed by atoms with Crippen molar-refractivity contribution in [1.82, 2.24) is 15.0 Å². The first-order chi connectivity index (χ1) is 13.5. The van der Waals surface area contributed by atoms with Crippen molar-refractivity contribution in [1.29, 1.82) is 0 Å². The third-order valence-electron chi connectivity index (χ3n) is 4.21. The molecule has 0 unspecified atom stereocenters. The highest BCUT2D eigenvalue weighted by Gasteiger charge is 2.15. The number of benzene rings is 1. The molecule has 0 aliphatic rings. The normalized spacial score (nSPS) is 12.1. The van der Waals surface area contributed by atoms with Gasteiger partial charge >= 0.3 is 0 Å². The lowest BCUT2D eigenvalue weighted by molar-refractivity contribution is 0.248. The molecule has 3 aromatic rings. The number of aliphatic hydroxyl groups excluding tert-OH is 1. The van der Waals surface area contributed by atoms with Crippen LogP contribution in [0.1, 0.15) is 13.8 Å². The first-order valence-corrected chi connectivity index (χ1v) is 8.85. The second-order valence-electron chi connectivity index (χ2n) is 6.62. The molecule has 0 saturated heterocycles. The Kier molecular flexibility index (Phi) is 6.10. The molecular formula is C20H21F2N5O. The maximum atomic E-state index is 14.0. The van der Waals surface area contributed by atoms with Gasteiger partial charge in [0, 0.05) is 30.1 Å². The van der Waals surface area contributed by atoms with Crippen molar-refractivity contribution in [3.63, 3.8) is 0 Å². The van der Waals surface area contributed by atoms with Gasteiger partial charge in [0.2, 0.25) is 5.95 Å². The lowest BCUT2D eigenvalue weighted by Gasteiger charge is -2.20.